The van der Waals surface area contributed by atoms with Crippen LogP contribution in [0.5, 0.6) is 5.75 Å². The van der Waals surface area contributed by atoms with Gasteiger partial charge in [0.2, 0.25) is 0 Å². The van der Waals surface area contributed by atoms with Crippen molar-refractivity contribution in [2.45, 2.75) is 59.0 Å². The van der Waals surface area contributed by atoms with Gasteiger partial charge in [-0.05, 0) is 40.3 Å². The predicted octanol–water partition coefficient (Wildman–Crippen LogP) is 4.08. The minimum atomic E-state index is 0.164. The van der Waals surface area contributed by atoms with Crippen LogP contribution in [0.25, 0.3) is 0 Å². The topological polar surface area (TPSA) is 35.5 Å². The number of benzene rings is 1. The summed E-state index contributed by atoms with van der Waals surface area (Å²) in [4.78, 5) is 2.36. The zero-order chi connectivity index (χ0) is 15.1. The fourth-order valence-electron chi connectivity index (χ4n) is 2.45. The van der Waals surface area contributed by atoms with Crippen molar-refractivity contribution in [2.24, 2.45) is 0 Å². The maximum atomic E-state index is 10.2. The van der Waals surface area contributed by atoms with Gasteiger partial charge in [-0.1, -0.05) is 25.8 Å². The zero-order valence-electron chi connectivity index (χ0n) is 13.6. The molecule has 3 heteroatoms. The number of rotatable bonds is 8. The van der Waals surface area contributed by atoms with Crippen molar-refractivity contribution in [1.82, 2.24) is 5.32 Å². The summed E-state index contributed by atoms with van der Waals surface area (Å²) in [6.45, 7) is 9.72. The van der Waals surface area contributed by atoms with E-state index < -0.39 is 0 Å². The molecule has 0 spiro atoms. The number of phenolic OH excluding ortho intramolecular Hbond substituents is 1. The van der Waals surface area contributed by atoms with Gasteiger partial charge in [0.25, 0.3) is 0 Å². The van der Waals surface area contributed by atoms with Gasteiger partial charge in [0.05, 0.1) is 0 Å². The smallest absolute Gasteiger partial charge is 0.122 e. The Kier molecular flexibility index (Phi) is 6.86. The number of unbranched alkanes of at least 4 members (excludes halogenated alkanes) is 2. The third kappa shape index (κ3) is 4.41. The number of phenols is 1. The second-order valence-electron chi connectivity index (χ2n) is 5.75. The average Bonchev–Trinajstić information content (AvgIpc) is 2.42. The lowest BCUT2D eigenvalue weighted by molar-refractivity contribution is 0.457. The lowest BCUT2D eigenvalue weighted by Gasteiger charge is -2.29. The Morgan fingerprint density at radius 2 is 1.90 bits per heavy atom. The van der Waals surface area contributed by atoms with Crippen LogP contribution in [0.15, 0.2) is 18.2 Å². The van der Waals surface area contributed by atoms with Crippen LogP contribution >= 0.6 is 0 Å². The molecule has 0 aliphatic carbocycles. The first-order chi connectivity index (χ1) is 9.51. The molecule has 3 nitrogen and oxygen atoms in total. The summed E-state index contributed by atoms with van der Waals surface area (Å²) >= 11 is 0. The number of hydrogen-bond donors (Lipinski definition) is 2. The van der Waals surface area contributed by atoms with Crippen molar-refractivity contribution in [3.05, 3.63) is 23.8 Å². The van der Waals surface area contributed by atoms with Gasteiger partial charge in [-0.2, -0.15) is 0 Å². The van der Waals surface area contributed by atoms with Crippen molar-refractivity contribution in [1.29, 1.82) is 0 Å². The van der Waals surface area contributed by atoms with E-state index in [-0.39, 0.29) is 6.04 Å². The molecule has 0 bridgehead atoms. The molecule has 1 aromatic rings. The molecule has 0 aromatic heterocycles. The molecule has 1 unspecified atom stereocenters. The quantitative estimate of drug-likeness (QED) is 0.703. The molecule has 1 atom stereocenters. The molecule has 0 radical (unpaired) electrons. The number of anilines is 1. The van der Waals surface area contributed by atoms with E-state index in [0.29, 0.717) is 11.8 Å². The fraction of sp³-hybridized carbons (Fsp3) is 0.647. The summed E-state index contributed by atoms with van der Waals surface area (Å²) in [7, 11) is 1.91. The van der Waals surface area contributed by atoms with E-state index in [4.69, 9.17) is 0 Å². The second kappa shape index (κ2) is 8.15. The maximum Gasteiger partial charge on any atom is 0.122 e. The van der Waals surface area contributed by atoms with Crippen molar-refractivity contribution in [3.8, 4) is 5.75 Å². The molecule has 0 aliphatic heterocycles. The zero-order valence-corrected chi connectivity index (χ0v) is 13.6. The number of nitrogens with zero attached hydrogens (tertiary/aromatic N) is 1. The first-order valence-electron chi connectivity index (χ1n) is 7.78. The Labute approximate surface area is 124 Å². The highest BCUT2D eigenvalue weighted by atomic mass is 16.3. The molecule has 2 N–H and O–H groups in total. The van der Waals surface area contributed by atoms with Crippen molar-refractivity contribution in [2.75, 3.05) is 18.5 Å². The third-order valence-corrected chi connectivity index (χ3v) is 3.87. The average molecular weight is 278 g/mol. The van der Waals surface area contributed by atoms with E-state index in [1.165, 1.54) is 19.3 Å². The summed E-state index contributed by atoms with van der Waals surface area (Å²) < 4.78 is 0. The first kappa shape index (κ1) is 16.8. The predicted molar refractivity (Wildman–Crippen MR) is 87.6 cm³/mol. The highest BCUT2D eigenvalue weighted by Gasteiger charge is 2.14. The highest BCUT2D eigenvalue weighted by Crippen LogP contribution is 2.30. The minimum absolute atomic E-state index is 0.164. The Morgan fingerprint density at radius 3 is 2.40 bits per heavy atom. The summed E-state index contributed by atoms with van der Waals surface area (Å²) in [6.07, 6.45) is 3.68. The van der Waals surface area contributed by atoms with Crippen LogP contribution in [0.3, 0.4) is 0 Å². The minimum Gasteiger partial charge on any atom is -0.508 e. The van der Waals surface area contributed by atoms with Crippen LogP contribution in [-0.2, 0) is 0 Å². The molecule has 0 fully saturated rings. The van der Waals surface area contributed by atoms with Crippen LogP contribution in [0.2, 0.25) is 0 Å². The molecule has 20 heavy (non-hydrogen) atoms. The van der Waals surface area contributed by atoms with Gasteiger partial charge in [-0.3, -0.25) is 0 Å². The SMILES string of the molecule is CCCCCN(c1ccc(C(C)NC)c(O)c1)C(C)C. The van der Waals surface area contributed by atoms with E-state index in [2.05, 4.69) is 44.0 Å². The molecule has 0 saturated heterocycles. The standard InChI is InChI=1S/C17H30N2O/c1-6-7-8-11-19(13(2)3)15-9-10-16(14(4)18-5)17(20)12-15/h9-10,12-14,18,20H,6-8,11H2,1-5H3. The van der Waals surface area contributed by atoms with Gasteiger partial charge in [0.15, 0.2) is 0 Å². The van der Waals surface area contributed by atoms with Gasteiger partial charge in [-0.25, -0.2) is 0 Å². The Hall–Kier alpha value is -1.22. The lowest BCUT2D eigenvalue weighted by Crippen LogP contribution is -2.31. The Balaban J connectivity index is 2.89. The van der Waals surface area contributed by atoms with Gasteiger partial charge in [0.1, 0.15) is 5.75 Å². The van der Waals surface area contributed by atoms with Crippen molar-refractivity contribution in [3.63, 3.8) is 0 Å². The summed E-state index contributed by atoms with van der Waals surface area (Å²) in [5, 5.41) is 13.4. The molecule has 0 amide bonds. The largest absolute Gasteiger partial charge is 0.508 e. The van der Waals surface area contributed by atoms with E-state index in [1.807, 2.05) is 19.2 Å². The van der Waals surface area contributed by atoms with Gasteiger partial charge < -0.3 is 15.3 Å². The normalized spacial score (nSPS) is 12.7. The van der Waals surface area contributed by atoms with Gasteiger partial charge in [-0.15, -0.1) is 0 Å². The summed E-state index contributed by atoms with van der Waals surface area (Å²) in [5.74, 6) is 0.380. The van der Waals surface area contributed by atoms with Crippen molar-refractivity contribution < 1.29 is 5.11 Å². The molecule has 114 valence electrons. The molecular formula is C17H30N2O. The summed E-state index contributed by atoms with van der Waals surface area (Å²) in [6, 6.07) is 6.65. The van der Waals surface area contributed by atoms with Crippen LogP contribution in [0, 0.1) is 0 Å². The second-order valence-corrected chi connectivity index (χ2v) is 5.75. The van der Waals surface area contributed by atoms with E-state index in [0.717, 1.165) is 17.8 Å². The van der Waals surface area contributed by atoms with E-state index in [1.54, 1.807) is 0 Å². The maximum absolute atomic E-state index is 10.2. The van der Waals surface area contributed by atoms with E-state index in [9.17, 15) is 5.11 Å². The van der Waals surface area contributed by atoms with Gasteiger partial charge in [0, 0.05) is 35.9 Å². The molecule has 1 aromatic carbocycles. The van der Waals surface area contributed by atoms with Gasteiger partial charge >= 0.3 is 0 Å². The molecule has 1 rings (SSSR count). The summed E-state index contributed by atoms with van der Waals surface area (Å²) in [5.41, 5.74) is 2.06. The number of aromatic hydroxyl groups is 1. The number of nitrogens with one attached hydrogen (secondary N) is 1. The van der Waals surface area contributed by atoms with Crippen molar-refractivity contribution >= 4 is 5.69 Å². The third-order valence-electron chi connectivity index (χ3n) is 3.87. The molecule has 0 aliphatic rings. The van der Waals surface area contributed by atoms with Crippen LogP contribution in [0.4, 0.5) is 5.69 Å². The fourth-order valence-corrected chi connectivity index (χ4v) is 2.45. The monoisotopic (exact) mass is 278 g/mol. The molecule has 0 heterocycles. The molecular weight excluding hydrogens is 248 g/mol. The Bertz CT molecular complexity index is 404. The lowest BCUT2D eigenvalue weighted by atomic mass is 10.1. The highest BCUT2D eigenvalue weighted by molar-refractivity contribution is 5.54. The molecule has 0 saturated carbocycles. The van der Waals surface area contributed by atoms with Crippen LogP contribution in [0.1, 0.15) is 58.6 Å². The van der Waals surface area contributed by atoms with Crippen LogP contribution in [-0.4, -0.2) is 24.7 Å². The first-order valence-corrected chi connectivity index (χ1v) is 7.78. The number of hydrogen-bond acceptors (Lipinski definition) is 3. The Morgan fingerprint density at radius 1 is 1.20 bits per heavy atom. The van der Waals surface area contributed by atoms with Crippen LogP contribution < -0.4 is 10.2 Å². The van der Waals surface area contributed by atoms with E-state index >= 15 is 0 Å².